The Balaban J connectivity index is 0.000000321. The number of nitrogen functional groups attached to an aromatic ring is 2. The molecule has 6 heterocycles. The Morgan fingerprint density at radius 1 is 0.580 bits per heavy atom. The molecule has 0 spiro atoms. The fraction of sp³-hybridized carbons (Fsp3) is 0.649. The number of rotatable bonds is 22. The minimum absolute atomic E-state index is 0.0462. The molecule has 4 aromatic rings. The number of aromatic nitrogens is 8. The first-order valence-corrected chi connectivity index (χ1v) is 28.4. The average Bonchev–Trinajstić information content (AvgIpc) is 3.43. The van der Waals surface area contributed by atoms with Gasteiger partial charge in [0, 0.05) is 24.4 Å². The first-order valence-electron chi connectivity index (χ1n) is 28.4. The van der Waals surface area contributed by atoms with Gasteiger partial charge in [-0.1, -0.05) is 5.92 Å². The maximum atomic E-state index is 12.8. The van der Waals surface area contributed by atoms with Crippen LogP contribution in [0.4, 0.5) is 30.8 Å². The van der Waals surface area contributed by atoms with Gasteiger partial charge in [0.15, 0.2) is 29.2 Å². The number of carbonyl (C=O) groups excluding carboxylic acids is 4. The largest absolute Gasteiger partial charge is 0.480 e. The number of nitrogens with one attached hydrogen (secondary N) is 4. The van der Waals surface area contributed by atoms with E-state index in [1.54, 1.807) is 87.7 Å². The van der Waals surface area contributed by atoms with Gasteiger partial charge in [0.05, 0.1) is 31.0 Å². The monoisotopic (exact) mass is 1240 g/mol. The van der Waals surface area contributed by atoms with Crippen molar-refractivity contribution in [3.63, 3.8) is 0 Å². The number of aliphatic hydroxyl groups is 2. The molecular formula is C57H84N14O17. The lowest BCUT2D eigenvalue weighted by molar-refractivity contribution is -0.140. The van der Waals surface area contributed by atoms with Gasteiger partial charge in [-0.15, -0.1) is 18.8 Å². The summed E-state index contributed by atoms with van der Waals surface area (Å²) >= 11 is 0. The third-order valence-corrected chi connectivity index (χ3v) is 13.2. The Labute approximate surface area is 509 Å². The van der Waals surface area contributed by atoms with E-state index in [-0.39, 0.29) is 56.8 Å². The number of nitrogens with two attached hydrogens (primary N) is 2. The molecule has 31 nitrogen and oxygen atoms in total. The molecule has 31 heteroatoms. The van der Waals surface area contributed by atoms with E-state index < -0.39 is 132 Å². The molecule has 12 atom stereocenters. The number of hydrogen-bond acceptors (Lipinski definition) is 23. The fourth-order valence-corrected chi connectivity index (χ4v) is 9.59. The lowest BCUT2D eigenvalue weighted by Gasteiger charge is -2.28. The van der Waals surface area contributed by atoms with Crippen molar-refractivity contribution < 1.29 is 82.4 Å². The van der Waals surface area contributed by atoms with Gasteiger partial charge < -0.3 is 86.3 Å². The van der Waals surface area contributed by atoms with E-state index >= 15 is 0 Å². The number of carbonyl (C=O) groups is 6. The van der Waals surface area contributed by atoms with Crippen molar-refractivity contribution in [1.29, 1.82) is 0 Å². The van der Waals surface area contributed by atoms with Crippen LogP contribution in [0.3, 0.4) is 0 Å². The second-order valence-electron chi connectivity index (χ2n) is 25.1. The van der Waals surface area contributed by atoms with Crippen molar-refractivity contribution in [1.82, 2.24) is 60.3 Å². The number of hydrogen-bond donors (Lipinski definition) is 10. The zero-order chi connectivity index (χ0) is 65.6. The van der Waals surface area contributed by atoms with Gasteiger partial charge in [-0.25, -0.2) is 58.7 Å². The third kappa shape index (κ3) is 20.9. The number of ether oxygens (including phenoxy) is 7. The molecule has 2 aliphatic rings. The number of carboxylic acid groups (broad SMARTS) is 2. The molecule has 2 saturated heterocycles. The summed E-state index contributed by atoms with van der Waals surface area (Å²) in [7, 11) is 0. The number of terminal acetylenes is 2. The number of anilines is 2. The van der Waals surface area contributed by atoms with Crippen molar-refractivity contribution in [2.45, 2.75) is 224 Å². The minimum Gasteiger partial charge on any atom is -0.480 e. The van der Waals surface area contributed by atoms with E-state index in [1.165, 1.54) is 29.9 Å². The maximum absolute atomic E-state index is 12.8. The number of aliphatic carboxylic acids is 2. The second kappa shape index (κ2) is 30.0. The fourth-order valence-electron chi connectivity index (χ4n) is 9.59. The van der Waals surface area contributed by atoms with Crippen LogP contribution in [0.15, 0.2) is 25.3 Å². The Morgan fingerprint density at radius 3 is 1.38 bits per heavy atom. The standard InChI is InChI=1S/C29H43N7O8.C28H41N7O9/c1-8-9-10-17-21(37)19(42-24(17)36-15-33-20-22(30)31-14-32-23(20)36)13-16(34-26(40)43-28(2,3)4)11-12-18(25(38)39)35-27(41)44-29(5,6)7;1-8-11-41-20-17(42-23(19(20)36)35-14-32-18-21(29)30-13-31-22(18)35)12-15(33-25(39)43-27(2,3)4)9-10-16(24(37)38)34-26(40)44-28(5,6)7/h1,14-19,21,24,37H,9-13H2,2-7H3,(H,34,40)(H,35,41)(H,38,39)(H2,30,31,32);1,13-17,19-20,23,36H,9-12H2,2-7H3,(H,33,39)(H,34,40)(H,37,38)(H2,29,30,31)/t16-,17+,18-,19+,21-,24+;15-,16-,17+,19+,20+,23+/m00/s1. The molecule has 0 bridgehead atoms. The Morgan fingerprint density at radius 2 is 0.977 bits per heavy atom. The summed E-state index contributed by atoms with van der Waals surface area (Å²) in [6, 6.07) is -4.10. The van der Waals surface area contributed by atoms with Crippen molar-refractivity contribution in [3.8, 4) is 24.7 Å². The molecule has 6 rings (SSSR count). The predicted octanol–water partition coefficient (Wildman–Crippen LogP) is 4.46. The first kappa shape index (κ1) is 70.4. The van der Waals surface area contributed by atoms with Crippen molar-refractivity contribution >= 4 is 70.3 Å². The number of aliphatic hydroxyl groups excluding tert-OH is 2. The quantitative estimate of drug-likeness (QED) is 0.0383. The summed E-state index contributed by atoms with van der Waals surface area (Å²) in [6.45, 7) is 20.0. The van der Waals surface area contributed by atoms with Crippen LogP contribution < -0.4 is 32.7 Å². The zero-order valence-electron chi connectivity index (χ0n) is 51.6. The van der Waals surface area contributed by atoms with Crippen molar-refractivity contribution in [2.24, 2.45) is 5.92 Å². The molecule has 4 aromatic heterocycles. The van der Waals surface area contributed by atoms with Gasteiger partial charge in [-0.2, -0.15) is 0 Å². The molecule has 2 fully saturated rings. The maximum Gasteiger partial charge on any atom is 0.408 e. The number of alkyl carbamates (subject to hydrolysis) is 4. The van der Waals surface area contributed by atoms with Crippen LogP contribution in [-0.2, 0) is 42.7 Å². The van der Waals surface area contributed by atoms with Crippen molar-refractivity contribution in [2.75, 3.05) is 18.1 Å². The van der Waals surface area contributed by atoms with Crippen LogP contribution in [0, 0.1) is 30.6 Å². The molecule has 484 valence electrons. The average molecular weight is 1240 g/mol. The van der Waals surface area contributed by atoms with E-state index in [4.69, 9.17) is 57.5 Å². The molecule has 2 aliphatic heterocycles. The second-order valence-corrected chi connectivity index (χ2v) is 25.1. The lowest BCUT2D eigenvalue weighted by Crippen LogP contribution is -2.46. The lowest BCUT2D eigenvalue weighted by atomic mass is 9.91. The van der Waals surface area contributed by atoms with Crippen molar-refractivity contribution in [3.05, 3.63) is 25.3 Å². The number of imidazole rings is 2. The third-order valence-electron chi connectivity index (χ3n) is 13.2. The molecule has 0 saturated carbocycles. The van der Waals surface area contributed by atoms with E-state index in [0.717, 1.165) is 0 Å². The Hall–Kier alpha value is -8.36. The number of carboxylic acids is 2. The van der Waals surface area contributed by atoms with Crippen LogP contribution in [0.5, 0.6) is 0 Å². The normalized spacial score (nSPS) is 21.7. The highest BCUT2D eigenvalue weighted by atomic mass is 16.6. The topological polar surface area (TPSA) is 435 Å². The Kier molecular flexibility index (Phi) is 24.0. The van der Waals surface area contributed by atoms with Gasteiger partial charge in [0.1, 0.15) is 83.2 Å². The molecule has 4 amide bonds. The predicted molar refractivity (Wildman–Crippen MR) is 315 cm³/mol. The Bertz CT molecular complexity index is 3130. The smallest absolute Gasteiger partial charge is 0.408 e. The van der Waals surface area contributed by atoms with E-state index in [0.29, 0.717) is 35.2 Å². The van der Waals surface area contributed by atoms with E-state index in [2.05, 4.69) is 63.0 Å². The van der Waals surface area contributed by atoms with Crippen LogP contribution in [0.25, 0.3) is 22.3 Å². The summed E-state index contributed by atoms with van der Waals surface area (Å²) < 4.78 is 42.8. The van der Waals surface area contributed by atoms with Gasteiger partial charge in [-0.3, -0.25) is 9.13 Å². The van der Waals surface area contributed by atoms with E-state index in [1.807, 2.05) is 0 Å². The SMILES string of the molecule is C#CCC[C@@H]1[C@H](O)[C@@H](C[C@H](CC[C@H](NC(=O)OC(C)(C)C)C(=O)O)NC(=O)OC(C)(C)C)O[C@H]1n1cnc2c(N)ncnc21.C#CCO[C@H]1[C@@H](O)[C@H](n2cnc3c(N)ncnc32)O[C@@H]1C[C@H](CC[C@H](NC(=O)OC(C)(C)C)C(=O)O)NC(=O)OC(C)(C)C. The minimum atomic E-state index is -1.33. The van der Waals surface area contributed by atoms with Crippen LogP contribution in [0.1, 0.15) is 147 Å². The van der Waals surface area contributed by atoms with Crippen LogP contribution in [0.2, 0.25) is 0 Å². The number of fused-ring (bicyclic) bond motifs is 2. The van der Waals surface area contributed by atoms with Gasteiger partial charge in [-0.05, 0) is 128 Å². The summed E-state index contributed by atoms with van der Waals surface area (Å²) in [5.74, 6) is 2.27. The highest BCUT2D eigenvalue weighted by Crippen LogP contribution is 2.41. The first-order chi connectivity index (χ1) is 41.0. The molecule has 0 aliphatic carbocycles. The molecule has 0 unspecified atom stereocenters. The number of nitrogens with zero attached hydrogens (tertiary/aromatic N) is 8. The summed E-state index contributed by atoms with van der Waals surface area (Å²) in [4.78, 5) is 99.0. The van der Waals surface area contributed by atoms with E-state index in [9.17, 15) is 49.2 Å². The zero-order valence-corrected chi connectivity index (χ0v) is 51.6. The summed E-state index contributed by atoms with van der Waals surface area (Å²) in [5, 5.41) is 52.5. The number of amides is 4. The molecular weight excluding hydrogens is 1150 g/mol. The van der Waals surface area contributed by atoms with Crippen LogP contribution >= 0.6 is 0 Å². The highest BCUT2D eigenvalue weighted by Gasteiger charge is 2.48. The molecule has 88 heavy (non-hydrogen) atoms. The molecule has 0 aromatic carbocycles. The summed E-state index contributed by atoms with van der Waals surface area (Å²) in [6.07, 6.45) is 7.48. The van der Waals surface area contributed by atoms with Gasteiger partial charge >= 0.3 is 36.3 Å². The molecule has 0 radical (unpaired) electrons. The summed E-state index contributed by atoms with van der Waals surface area (Å²) in [5.41, 5.74) is 10.0. The van der Waals surface area contributed by atoms with Gasteiger partial charge in [0.2, 0.25) is 0 Å². The van der Waals surface area contributed by atoms with Gasteiger partial charge in [0.25, 0.3) is 0 Å². The van der Waals surface area contributed by atoms with Crippen LogP contribution in [-0.4, -0.2) is 179 Å². The molecule has 12 N–H and O–H groups in total. The highest BCUT2D eigenvalue weighted by molar-refractivity contribution is 5.83.